The fourth-order valence-electron chi connectivity index (χ4n) is 2.89. The molecule has 94 valence electrons. The van der Waals surface area contributed by atoms with Gasteiger partial charge < -0.3 is 10.1 Å². The van der Waals surface area contributed by atoms with Crippen LogP contribution in [0.2, 0.25) is 0 Å². The molecule has 1 atom stereocenters. The molecule has 0 amide bonds. The summed E-state index contributed by atoms with van der Waals surface area (Å²) in [5.74, 6) is 0. The molecule has 0 aromatic rings. The molecule has 0 bridgehead atoms. The van der Waals surface area contributed by atoms with E-state index in [2.05, 4.69) is 24.1 Å². The monoisotopic (exact) mass is 226 g/mol. The Balaban J connectivity index is 1.99. The Labute approximate surface area is 99.5 Å². The second-order valence-electron chi connectivity index (χ2n) is 5.47. The molecule has 2 aliphatic rings. The number of hydrogen-bond acceptors (Lipinski definition) is 3. The Hall–Kier alpha value is -0.120. The van der Waals surface area contributed by atoms with Crippen molar-refractivity contribution in [1.82, 2.24) is 10.2 Å². The molecule has 0 aromatic carbocycles. The van der Waals surface area contributed by atoms with Crippen LogP contribution in [0.15, 0.2) is 0 Å². The molecular formula is C13H26N2O. The van der Waals surface area contributed by atoms with E-state index in [1.165, 1.54) is 45.3 Å². The van der Waals surface area contributed by atoms with Gasteiger partial charge in [0.05, 0.1) is 0 Å². The molecule has 2 aliphatic heterocycles. The topological polar surface area (TPSA) is 24.5 Å². The normalized spacial score (nSPS) is 32.2. The molecule has 3 heteroatoms. The summed E-state index contributed by atoms with van der Waals surface area (Å²) < 4.78 is 5.50. The van der Waals surface area contributed by atoms with Crippen molar-refractivity contribution in [3.05, 3.63) is 0 Å². The van der Waals surface area contributed by atoms with Crippen LogP contribution in [0.4, 0.5) is 0 Å². The van der Waals surface area contributed by atoms with Crippen LogP contribution in [0.5, 0.6) is 0 Å². The van der Waals surface area contributed by atoms with E-state index in [4.69, 9.17) is 4.74 Å². The zero-order valence-corrected chi connectivity index (χ0v) is 10.8. The van der Waals surface area contributed by atoms with E-state index in [0.29, 0.717) is 11.6 Å². The standard InChI is InChI=1S/C13H26N2O/c1-3-12-11-15(8-4-7-14-12)13(2)5-9-16-10-6-13/h12,14H,3-11H2,1-2H3. The summed E-state index contributed by atoms with van der Waals surface area (Å²) in [6.45, 7) is 10.2. The SMILES string of the molecule is CCC1CN(C2(C)CCOCC2)CCCN1. The Morgan fingerprint density at radius 3 is 2.81 bits per heavy atom. The van der Waals surface area contributed by atoms with Crippen molar-refractivity contribution in [3.8, 4) is 0 Å². The van der Waals surface area contributed by atoms with Gasteiger partial charge in [-0.25, -0.2) is 0 Å². The smallest absolute Gasteiger partial charge is 0.0483 e. The lowest BCUT2D eigenvalue weighted by Crippen LogP contribution is -2.52. The molecule has 2 heterocycles. The van der Waals surface area contributed by atoms with Gasteiger partial charge in [0.1, 0.15) is 0 Å². The van der Waals surface area contributed by atoms with Crippen molar-refractivity contribution in [2.24, 2.45) is 0 Å². The van der Waals surface area contributed by atoms with Gasteiger partial charge in [-0.1, -0.05) is 6.92 Å². The maximum absolute atomic E-state index is 5.50. The highest BCUT2D eigenvalue weighted by atomic mass is 16.5. The van der Waals surface area contributed by atoms with Gasteiger partial charge in [0, 0.05) is 31.3 Å². The molecule has 0 spiro atoms. The van der Waals surface area contributed by atoms with Crippen LogP contribution in [0.3, 0.4) is 0 Å². The first kappa shape index (κ1) is 12.3. The molecule has 2 fully saturated rings. The fraction of sp³-hybridized carbons (Fsp3) is 1.00. The highest BCUT2D eigenvalue weighted by Gasteiger charge is 2.35. The second-order valence-corrected chi connectivity index (χ2v) is 5.47. The van der Waals surface area contributed by atoms with Crippen LogP contribution in [0.25, 0.3) is 0 Å². The number of hydrogen-bond donors (Lipinski definition) is 1. The summed E-state index contributed by atoms with van der Waals surface area (Å²) in [5.41, 5.74) is 0.387. The predicted octanol–water partition coefficient (Wildman–Crippen LogP) is 1.63. The average Bonchev–Trinajstić information content (AvgIpc) is 2.55. The maximum Gasteiger partial charge on any atom is 0.0483 e. The molecule has 0 aromatic heterocycles. The van der Waals surface area contributed by atoms with E-state index in [9.17, 15) is 0 Å². The molecule has 0 radical (unpaired) electrons. The minimum atomic E-state index is 0.387. The van der Waals surface area contributed by atoms with Gasteiger partial charge in [-0.3, -0.25) is 4.90 Å². The summed E-state index contributed by atoms with van der Waals surface area (Å²) in [6.07, 6.45) is 4.92. The Morgan fingerprint density at radius 2 is 2.12 bits per heavy atom. The van der Waals surface area contributed by atoms with Crippen molar-refractivity contribution in [3.63, 3.8) is 0 Å². The van der Waals surface area contributed by atoms with E-state index in [1.54, 1.807) is 0 Å². The number of nitrogens with one attached hydrogen (secondary N) is 1. The summed E-state index contributed by atoms with van der Waals surface area (Å²) >= 11 is 0. The maximum atomic E-state index is 5.50. The van der Waals surface area contributed by atoms with Gasteiger partial charge in [0.2, 0.25) is 0 Å². The highest BCUT2D eigenvalue weighted by Crippen LogP contribution is 2.28. The zero-order valence-electron chi connectivity index (χ0n) is 10.8. The first-order valence-electron chi connectivity index (χ1n) is 6.81. The molecule has 3 nitrogen and oxygen atoms in total. The summed E-state index contributed by atoms with van der Waals surface area (Å²) in [5, 5.41) is 3.64. The molecule has 16 heavy (non-hydrogen) atoms. The van der Waals surface area contributed by atoms with E-state index in [0.717, 1.165) is 13.2 Å². The zero-order chi connectivity index (χ0) is 11.4. The number of ether oxygens (including phenoxy) is 1. The summed E-state index contributed by atoms with van der Waals surface area (Å²) in [7, 11) is 0. The molecule has 1 unspecified atom stereocenters. The van der Waals surface area contributed by atoms with Gasteiger partial charge in [-0.2, -0.15) is 0 Å². The largest absolute Gasteiger partial charge is 0.381 e. The lowest BCUT2D eigenvalue weighted by molar-refractivity contribution is -0.0196. The first-order chi connectivity index (χ1) is 7.74. The Morgan fingerprint density at radius 1 is 1.38 bits per heavy atom. The lowest BCUT2D eigenvalue weighted by Gasteiger charge is -2.44. The fourth-order valence-corrected chi connectivity index (χ4v) is 2.89. The molecule has 0 aliphatic carbocycles. The lowest BCUT2D eigenvalue weighted by atomic mass is 9.89. The molecular weight excluding hydrogens is 200 g/mol. The van der Waals surface area contributed by atoms with Crippen molar-refractivity contribution in [2.45, 2.75) is 51.1 Å². The summed E-state index contributed by atoms with van der Waals surface area (Å²) in [6, 6.07) is 0.683. The highest BCUT2D eigenvalue weighted by molar-refractivity contribution is 4.91. The first-order valence-corrected chi connectivity index (χ1v) is 6.81. The third kappa shape index (κ3) is 2.76. The third-order valence-corrected chi connectivity index (χ3v) is 4.30. The minimum absolute atomic E-state index is 0.387. The molecule has 2 saturated heterocycles. The van der Waals surface area contributed by atoms with Gasteiger partial charge in [0.25, 0.3) is 0 Å². The van der Waals surface area contributed by atoms with E-state index in [1.807, 2.05) is 0 Å². The Kier molecular flexibility index (Phi) is 4.22. The second kappa shape index (κ2) is 5.48. The van der Waals surface area contributed by atoms with Gasteiger partial charge >= 0.3 is 0 Å². The third-order valence-electron chi connectivity index (χ3n) is 4.30. The van der Waals surface area contributed by atoms with E-state index in [-0.39, 0.29) is 0 Å². The molecule has 2 rings (SSSR count). The minimum Gasteiger partial charge on any atom is -0.381 e. The average molecular weight is 226 g/mol. The van der Waals surface area contributed by atoms with Crippen molar-refractivity contribution in [2.75, 3.05) is 32.8 Å². The molecule has 1 N–H and O–H groups in total. The quantitative estimate of drug-likeness (QED) is 0.774. The number of rotatable bonds is 2. The van der Waals surface area contributed by atoms with Crippen LogP contribution in [0.1, 0.15) is 39.5 Å². The Bertz CT molecular complexity index is 214. The molecule has 0 saturated carbocycles. The van der Waals surface area contributed by atoms with Gasteiger partial charge in [-0.15, -0.1) is 0 Å². The van der Waals surface area contributed by atoms with Gasteiger partial charge in [-0.05, 0) is 45.7 Å². The van der Waals surface area contributed by atoms with E-state index < -0.39 is 0 Å². The van der Waals surface area contributed by atoms with Crippen molar-refractivity contribution < 1.29 is 4.74 Å². The van der Waals surface area contributed by atoms with Crippen LogP contribution in [-0.4, -0.2) is 49.3 Å². The van der Waals surface area contributed by atoms with Crippen LogP contribution >= 0.6 is 0 Å². The summed E-state index contributed by atoms with van der Waals surface area (Å²) in [4.78, 5) is 2.71. The van der Waals surface area contributed by atoms with Crippen LogP contribution in [0, 0.1) is 0 Å². The van der Waals surface area contributed by atoms with Gasteiger partial charge in [0.15, 0.2) is 0 Å². The predicted molar refractivity (Wildman–Crippen MR) is 66.7 cm³/mol. The number of nitrogens with zero attached hydrogens (tertiary/aromatic N) is 1. The van der Waals surface area contributed by atoms with Crippen LogP contribution < -0.4 is 5.32 Å². The van der Waals surface area contributed by atoms with Crippen LogP contribution in [-0.2, 0) is 4.74 Å². The van der Waals surface area contributed by atoms with Crippen molar-refractivity contribution >= 4 is 0 Å². The van der Waals surface area contributed by atoms with E-state index >= 15 is 0 Å². The van der Waals surface area contributed by atoms with Crippen molar-refractivity contribution in [1.29, 1.82) is 0 Å².